The van der Waals surface area contributed by atoms with Crippen molar-refractivity contribution in [2.24, 2.45) is 53.3 Å². The number of rotatable bonds is 27. The van der Waals surface area contributed by atoms with E-state index < -0.39 is 5.97 Å². The number of pyridine rings is 2. The maximum absolute atomic E-state index is 11.0. The Balaban J connectivity index is 0.00000129. The molecule has 8 rings (SSSR count). The number of H-pyrrole nitrogens is 1. The molecular formula is C106H170N8O2. The van der Waals surface area contributed by atoms with Crippen LogP contribution in [0.3, 0.4) is 0 Å². The van der Waals surface area contributed by atoms with Crippen molar-refractivity contribution in [1.29, 1.82) is 0 Å². The average molecular weight is 1590 g/mol. The van der Waals surface area contributed by atoms with Crippen LogP contribution < -0.4 is 0 Å². The lowest BCUT2D eigenvalue weighted by molar-refractivity contribution is 0.0689. The van der Waals surface area contributed by atoms with Crippen molar-refractivity contribution in [3.05, 3.63) is 254 Å². The van der Waals surface area contributed by atoms with E-state index in [-0.39, 0.29) is 5.69 Å². The van der Waals surface area contributed by atoms with Gasteiger partial charge in [-0.1, -0.05) is 346 Å². The van der Waals surface area contributed by atoms with Gasteiger partial charge in [0.25, 0.3) is 0 Å². The number of carboxylic acids is 1. The highest BCUT2D eigenvalue weighted by Gasteiger charge is 2.15. The van der Waals surface area contributed by atoms with E-state index >= 15 is 0 Å². The van der Waals surface area contributed by atoms with Gasteiger partial charge in [-0.05, 0) is 233 Å². The smallest absolute Gasteiger partial charge is 0.354 e. The zero-order valence-corrected chi connectivity index (χ0v) is 80.7. The molecule has 5 heterocycles. The lowest BCUT2D eigenvalue weighted by atomic mass is 9.87. The first-order valence-corrected chi connectivity index (χ1v) is 44.6. The predicted molar refractivity (Wildman–Crippen MR) is 507 cm³/mol. The molecule has 0 spiro atoms. The van der Waals surface area contributed by atoms with Gasteiger partial charge in [0, 0.05) is 58.9 Å². The highest BCUT2D eigenvalue weighted by Crippen LogP contribution is 2.28. The van der Waals surface area contributed by atoms with Crippen LogP contribution in [0.2, 0.25) is 0 Å². The lowest BCUT2D eigenvalue weighted by Crippen LogP contribution is -2.07. The van der Waals surface area contributed by atoms with Crippen LogP contribution in [0, 0.1) is 60.2 Å². The van der Waals surface area contributed by atoms with E-state index in [1.165, 1.54) is 62.4 Å². The van der Waals surface area contributed by atoms with Gasteiger partial charge in [0.1, 0.15) is 17.8 Å². The third-order valence-electron chi connectivity index (χ3n) is 18.8. The summed E-state index contributed by atoms with van der Waals surface area (Å²) in [4.78, 5) is 36.7. The Kier molecular flexibility index (Phi) is 55.1. The highest BCUT2D eigenvalue weighted by atomic mass is 16.4. The molecule has 0 fully saturated rings. The maximum atomic E-state index is 11.0. The van der Waals surface area contributed by atoms with E-state index in [0.717, 1.165) is 72.2 Å². The number of carboxylic acid groups (broad SMARTS) is 1. The topological polar surface area (TPSA) is 143 Å². The molecule has 0 saturated carbocycles. The minimum atomic E-state index is -0.951. The summed E-state index contributed by atoms with van der Waals surface area (Å²) in [5, 5.41) is 16.3. The number of aryl methyl sites for hydroxylation is 1. The molecule has 1 unspecified atom stereocenters. The molecule has 0 saturated heterocycles. The Morgan fingerprint density at radius 1 is 0.362 bits per heavy atom. The van der Waals surface area contributed by atoms with Crippen LogP contribution in [0.25, 0.3) is 0 Å². The van der Waals surface area contributed by atoms with E-state index in [0.29, 0.717) is 107 Å². The molecule has 10 heteroatoms. The molecule has 5 aromatic heterocycles. The van der Waals surface area contributed by atoms with Gasteiger partial charge in [-0.25, -0.2) is 29.7 Å². The third kappa shape index (κ3) is 50.1. The number of hydrogen-bond acceptors (Lipinski definition) is 8. The summed E-state index contributed by atoms with van der Waals surface area (Å²) in [5.41, 5.74) is 19.2. The molecule has 116 heavy (non-hydrogen) atoms. The Bertz CT molecular complexity index is 3750. The quantitative estimate of drug-likeness (QED) is 0.0481. The van der Waals surface area contributed by atoms with Crippen LogP contribution in [0.1, 0.15) is 416 Å². The van der Waals surface area contributed by atoms with Crippen molar-refractivity contribution in [3.8, 4) is 0 Å². The molecule has 3 aromatic carbocycles. The van der Waals surface area contributed by atoms with Gasteiger partial charge in [-0.3, -0.25) is 10.1 Å². The van der Waals surface area contributed by atoms with Gasteiger partial charge in [0.05, 0.1) is 5.69 Å². The SMILES string of the molecule is CC(C)C=CC(c1ccccc1)C(C)C.CC(C)C=CCC(C)C.CC(C)Cc1cc(C(C)C)cc(C(=O)O)n1.CC(C)Cc1cc(C(C)C)ccn1.CC(C)Cc1cc(C(C)C)n[nH]1.CC(C)Cc1cc(C(C)C)ncn1.CC(C)Cc1nccc(C(C)C)n1.CC(C)c1cccc(C(C)C)c1.Cc1ccc(C(C)C)cc1C(C)C. The summed E-state index contributed by atoms with van der Waals surface area (Å²) >= 11 is 0. The number of nitrogens with zero attached hydrogens (tertiary/aromatic N) is 7. The molecule has 0 radical (unpaired) electrons. The van der Waals surface area contributed by atoms with E-state index in [9.17, 15) is 4.79 Å². The number of allylic oxidation sites excluding steroid dienone is 4. The van der Waals surface area contributed by atoms with Gasteiger partial charge in [0.2, 0.25) is 0 Å². The predicted octanol–water partition coefficient (Wildman–Crippen LogP) is 30.9. The van der Waals surface area contributed by atoms with E-state index in [4.69, 9.17) is 5.11 Å². The molecule has 0 aliphatic heterocycles. The zero-order chi connectivity index (χ0) is 88.6. The van der Waals surface area contributed by atoms with Crippen molar-refractivity contribution in [3.63, 3.8) is 0 Å². The summed E-state index contributed by atoms with van der Waals surface area (Å²) < 4.78 is 0. The number of aromatic nitrogens is 8. The first-order chi connectivity index (χ1) is 54.1. The van der Waals surface area contributed by atoms with Gasteiger partial charge >= 0.3 is 5.97 Å². The highest BCUT2D eigenvalue weighted by molar-refractivity contribution is 5.85. The summed E-state index contributed by atoms with van der Waals surface area (Å²) in [5.74, 6) is 11.5. The molecule has 2 N–H and O–H groups in total. The van der Waals surface area contributed by atoms with E-state index in [1.54, 1.807) is 12.4 Å². The van der Waals surface area contributed by atoms with E-state index in [2.05, 4.69) is 418 Å². The van der Waals surface area contributed by atoms with Crippen molar-refractivity contribution >= 4 is 5.97 Å². The third-order valence-corrected chi connectivity index (χ3v) is 18.8. The number of aromatic amines is 1. The van der Waals surface area contributed by atoms with E-state index in [1.807, 2.05) is 24.5 Å². The van der Waals surface area contributed by atoms with Crippen LogP contribution in [-0.2, 0) is 32.1 Å². The number of nitrogens with one attached hydrogen (secondary N) is 1. The van der Waals surface area contributed by atoms with Gasteiger partial charge in [0.15, 0.2) is 0 Å². The van der Waals surface area contributed by atoms with Crippen LogP contribution in [0.15, 0.2) is 158 Å². The Labute approximate surface area is 713 Å². The van der Waals surface area contributed by atoms with Crippen molar-refractivity contribution in [1.82, 2.24) is 40.1 Å². The zero-order valence-electron chi connectivity index (χ0n) is 80.7. The molecule has 0 bridgehead atoms. The Morgan fingerprint density at radius 3 is 1.28 bits per heavy atom. The fraction of sp³-hybridized carbons (Fsp3) is 0.585. The molecular weight excluding hydrogens is 1420 g/mol. The lowest BCUT2D eigenvalue weighted by Gasteiger charge is -2.17. The number of carbonyl (C=O) groups is 1. The van der Waals surface area contributed by atoms with Crippen molar-refractivity contribution < 1.29 is 9.90 Å². The minimum Gasteiger partial charge on any atom is -0.477 e. The molecule has 8 aromatic rings. The number of aromatic carboxylic acids is 1. The van der Waals surface area contributed by atoms with Crippen LogP contribution in [0.5, 0.6) is 0 Å². The largest absolute Gasteiger partial charge is 0.477 e. The van der Waals surface area contributed by atoms with Crippen molar-refractivity contribution in [2.75, 3.05) is 0 Å². The Morgan fingerprint density at radius 2 is 0.828 bits per heavy atom. The fourth-order valence-electron chi connectivity index (χ4n) is 11.9. The van der Waals surface area contributed by atoms with Crippen LogP contribution >= 0.6 is 0 Å². The second kappa shape index (κ2) is 59.0. The first-order valence-electron chi connectivity index (χ1n) is 44.6. The second-order valence-corrected chi connectivity index (χ2v) is 38.1. The fourth-order valence-corrected chi connectivity index (χ4v) is 11.9. The second-order valence-electron chi connectivity index (χ2n) is 38.1. The van der Waals surface area contributed by atoms with Crippen LogP contribution in [-0.4, -0.2) is 51.2 Å². The molecule has 0 amide bonds. The molecule has 0 aliphatic rings. The van der Waals surface area contributed by atoms with Gasteiger partial charge in [-0.15, -0.1) is 0 Å². The van der Waals surface area contributed by atoms with Crippen molar-refractivity contribution in [2.45, 2.75) is 354 Å². The monoisotopic (exact) mass is 1590 g/mol. The minimum absolute atomic E-state index is 0.154. The summed E-state index contributed by atoms with van der Waals surface area (Å²) in [6.07, 6.45) is 20.9. The standard InChI is InChI=1S/C15H22.C13H19NO2.C13H20.C12H19N.C12H18.2C11H18N2.C10H18N2.C9H18/c1-12(2)10-11-15(13(3)4)14-8-6-5-7-9-14;1-8(2)5-11-6-10(9(3)4)7-12(14-11)13(15)16;1-9(2)12-7-6-11(5)13(8-12)10(3)4;1-9(2)7-12-8-11(10(3)4)5-6-13-12;1-9(2)11-6-5-7-12(8-11)10(3)4;1-8(2)5-10-6-11(9(3)4)13-7-12-10;1-8(2)7-11-12-6-5-10(13-11)9(3)4;1-7(2)5-9-6-10(8(3)4)12-11-9;1-8(2)6-5-7-9(3)4/h5-13,15H,1-4H3;6-9H,5H2,1-4H3,(H,15,16);6-10H,1-5H3;5-6,8-10H,7H2,1-4H3;5-10H,1-4H3;6-9H,5H2,1-4H3;5-6,8-9H,7H2,1-4H3;6-8H,5H2,1-4H3,(H,11,12);5-6,8-9H,7H2,1-4H3. The average Bonchev–Trinajstić information content (AvgIpc) is 0.966. The van der Waals surface area contributed by atoms with Gasteiger partial charge in [-0.2, -0.15) is 5.10 Å². The molecule has 0 aliphatic carbocycles. The number of hydrogen-bond donors (Lipinski definition) is 2. The summed E-state index contributed by atoms with van der Waals surface area (Å²) in [7, 11) is 0. The summed E-state index contributed by atoms with van der Waals surface area (Å²) in [6, 6.07) is 40.8. The molecule has 1 atom stereocenters. The van der Waals surface area contributed by atoms with Gasteiger partial charge < -0.3 is 5.11 Å². The molecule has 646 valence electrons. The molecule has 10 nitrogen and oxygen atoms in total. The first kappa shape index (κ1) is 108. The Hall–Kier alpha value is -7.72. The maximum Gasteiger partial charge on any atom is 0.354 e. The van der Waals surface area contributed by atoms with Crippen LogP contribution in [0.4, 0.5) is 0 Å². The number of benzene rings is 3. The normalized spacial score (nSPS) is 11.7. The summed E-state index contributed by atoms with van der Waals surface area (Å²) in [6.45, 7) is 81.4.